The van der Waals surface area contributed by atoms with E-state index in [0.29, 0.717) is 6.04 Å². The largest absolute Gasteiger partial charge is 0.378 e. The summed E-state index contributed by atoms with van der Waals surface area (Å²) in [6.45, 7) is 1.86. The molecule has 2 atom stereocenters. The van der Waals surface area contributed by atoms with Gasteiger partial charge in [-0.25, -0.2) is 0 Å². The number of nitrogens with one attached hydrogen (secondary N) is 1. The van der Waals surface area contributed by atoms with E-state index in [-0.39, 0.29) is 0 Å². The molecule has 0 spiro atoms. The summed E-state index contributed by atoms with van der Waals surface area (Å²) in [4.78, 5) is 0. The molecule has 0 aromatic carbocycles. The summed E-state index contributed by atoms with van der Waals surface area (Å²) in [6, 6.07) is 1.42. The molecule has 1 saturated carbocycles. The third-order valence-corrected chi connectivity index (χ3v) is 4.16. The molecule has 1 aliphatic carbocycles. The summed E-state index contributed by atoms with van der Waals surface area (Å²) in [5.74, 6) is 0. The molecule has 0 amide bonds. The highest BCUT2D eigenvalue weighted by atomic mass is 32.2. The second-order valence-corrected chi connectivity index (χ2v) is 5.26. The van der Waals surface area contributed by atoms with E-state index >= 15 is 0 Å². The Morgan fingerprint density at radius 3 is 2.69 bits per heavy atom. The van der Waals surface area contributed by atoms with E-state index < -0.39 is 0 Å². The van der Waals surface area contributed by atoms with Gasteiger partial charge in [0.1, 0.15) is 0 Å². The van der Waals surface area contributed by atoms with Gasteiger partial charge in [0.15, 0.2) is 0 Å². The van der Waals surface area contributed by atoms with Crippen LogP contribution in [0.4, 0.5) is 0 Å². The average Bonchev–Trinajstić information content (AvgIpc) is 2.12. The topological polar surface area (TPSA) is 21.3 Å². The lowest BCUT2D eigenvalue weighted by atomic mass is 9.94. The molecular formula is C10H19NOS. The molecule has 1 heterocycles. The Labute approximate surface area is 84.8 Å². The molecule has 0 bridgehead atoms. The minimum Gasteiger partial charge on any atom is -0.378 e. The number of ether oxygens (including phenoxy) is 1. The van der Waals surface area contributed by atoms with Crippen LogP contribution in [0.3, 0.4) is 0 Å². The van der Waals surface area contributed by atoms with Gasteiger partial charge in [-0.3, -0.25) is 0 Å². The zero-order chi connectivity index (χ0) is 9.10. The highest BCUT2D eigenvalue weighted by Gasteiger charge is 2.26. The Morgan fingerprint density at radius 1 is 1.23 bits per heavy atom. The number of thioether (sulfide) groups is 1. The van der Waals surface area contributed by atoms with Gasteiger partial charge in [-0.15, -0.1) is 0 Å². The van der Waals surface area contributed by atoms with Crippen molar-refractivity contribution in [2.45, 2.75) is 43.0 Å². The van der Waals surface area contributed by atoms with E-state index in [9.17, 15) is 0 Å². The van der Waals surface area contributed by atoms with Crippen molar-refractivity contribution in [3.8, 4) is 0 Å². The van der Waals surface area contributed by atoms with Gasteiger partial charge in [-0.2, -0.15) is 11.8 Å². The SMILES string of the molecule is CSC1CCCC(NC2COC2)C1. The first-order chi connectivity index (χ1) is 6.38. The molecule has 2 rings (SSSR count). The molecule has 0 radical (unpaired) electrons. The molecule has 0 aromatic rings. The van der Waals surface area contributed by atoms with Crippen LogP contribution in [0.2, 0.25) is 0 Å². The fourth-order valence-corrected chi connectivity index (χ4v) is 3.00. The minimum atomic E-state index is 0.658. The highest BCUT2D eigenvalue weighted by molar-refractivity contribution is 7.99. The molecule has 1 saturated heterocycles. The van der Waals surface area contributed by atoms with Crippen LogP contribution in [0.5, 0.6) is 0 Å². The third-order valence-electron chi connectivity index (χ3n) is 3.07. The van der Waals surface area contributed by atoms with Crippen LogP contribution in [0.1, 0.15) is 25.7 Å². The van der Waals surface area contributed by atoms with Crippen LogP contribution < -0.4 is 5.32 Å². The van der Waals surface area contributed by atoms with Crippen molar-refractivity contribution in [3.63, 3.8) is 0 Å². The van der Waals surface area contributed by atoms with Gasteiger partial charge < -0.3 is 10.1 Å². The van der Waals surface area contributed by atoms with Crippen LogP contribution >= 0.6 is 11.8 Å². The second-order valence-electron chi connectivity index (χ2n) is 4.12. The Kier molecular flexibility index (Phi) is 3.52. The smallest absolute Gasteiger partial charge is 0.0643 e. The van der Waals surface area contributed by atoms with E-state index in [0.717, 1.165) is 24.5 Å². The minimum absolute atomic E-state index is 0.658. The lowest BCUT2D eigenvalue weighted by Crippen LogP contribution is -2.51. The van der Waals surface area contributed by atoms with Crippen molar-refractivity contribution >= 4 is 11.8 Å². The molecule has 3 heteroatoms. The molecule has 2 unspecified atom stereocenters. The van der Waals surface area contributed by atoms with Gasteiger partial charge in [0, 0.05) is 11.3 Å². The van der Waals surface area contributed by atoms with Gasteiger partial charge in [-0.05, 0) is 25.5 Å². The zero-order valence-corrected chi connectivity index (χ0v) is 9.11. The summed E-state index contributed by atoms with van der Waals surface area (Å²) in [5, 5.41) is 4.58. The molecule has 1 N–H and O–H groups in total. The summed E-state index contributed by atoms with van der Waals surface area (Å²) in [7, 11) is 0. The quantitative estimate of drug-likeness (QED) is 0.750. The van der Waals surface area contributed by atoms with Crippen molar-refractivity contribution < 1.29 is 4.74 Å². The van der Waals surface area contributed by atoms with Crippen molar-refractivity contribution in [2.75, 3.05) is 19.5 Å². The van der Waals surface area contributed by atoms with Crippen LogP contribution in [0.15, 0.2) is 0 Å². The molecule has 1 aliphatic heterocycles. The van der Waals surface area contributed by atoms with Crippen LogP contribution in [-0.4, -0.2) is 36.8 Å². The maximum Gasteiger partial charge on any atom is 0.0643 e. The van der Waals surface area contributed by atoms with Crippen molar-refractivity contribution in [1.29, 1.82) is 0 Å². The Hall–Kier alpha value is 0.270. The molecular weight excluding hydrogens is 182 g/mol. The Morgan fingerprint density at radius 2 is 2.08 bits per heavy atom. The highest BCUT2D eigenvalue weighted by Crippen LogP contribution is 2.27. The van der Waals surface area contributed by atoms with E-state index in [4.69, 9.17) is 4.74 Å². The Balaban J connectivity index is 1.71. The van der Waals surface area contributed by atoms with E-state index in [1.54, 1.807) is 0 Å². The van der Waals surface area contributed by atoms with Crippen LogP contribution in [0, 0.1) is 0 Å². The van der Waals surface area contributed by atoms with E-state index in [2.05, 4.69) is 11.6 Å². The summed E-state index contributed by atoms with van der Waals surface area (Å²) in [5.41, 5.74) is 0. The zero-order valence-electron chi connectivity index (χ0n) is 8.29. The maximum absolute atomic E-state index is 5.16. The summed E-state index contributed by atoms with van der Waals surface area (Å²) >= 11 is 2.03. The predicted molar refractivity (Wildman–Crippen MR) is 57.3 cm³/mol. The molecule has 2 aliphatic rings. The monoisotopic (exact) mass is 201 g/mol. The fourth-order valence-electron chi connectivity index (χ4n) is 2.18. The standard InChI is InChI=1S/C10H19NOS/c1-13-10-4-2-3-8(5-10)11-9-6-12-7-9/h8-11H,2-7H2,1H3. The normalized spacial score (nSPS) is 35.8. The van der Waals surface area contributed by atoms with Gasteiger partial charge in [-0.1, -0.05) is 6.42 Å². The number of hydrogen-bond donors (Lipinski definition) is 1. The van der Waals surface area contributed by atoms with Crippen molar-refractivity contribution in [1.82, 2.24) is 5.32 Å². The number of rotatable bonds is 3. The van der Waals surface area contributed by atoms with Gasteiger partial charge >= 0.3 is 0 Å². The van der Waals surface area contributed by atoms with E-state index in [1.165, 1.54) is 25.7 Å². The fraction of sp³-hybridized carbons (Fsp3) is 1.00. The molecule has 0 aromatic heterocycles. The molecule has 2 fully saturated rings. The van der Waals surface area contributed by atoms with E-state index in [1.807, 2.05) is 11.8 Å². The first kappa shape index (κ1) is 9.81. The lowest BCUT2D eigenvalue weighted by molar-refractivity contribution is -0.0117. The molecule has 13 heavy (non-hydrogen) atoms. The Bertz CT molecular complexity index is 159. The average molecular weight is 201 g/mol. The molecule has 76 valence electrons. The lowest BCUT2D eigenvalue weighted by Gasteiger charge is -2.35. The first-order valence-electron chi connectivity index (χ1n) is 5.25. The second kappa shape index (κ2) is 4.67. The van der Waals surface area contributed by atoms with Gasteiger partial charge in [0.05, 0.1) is 19.3 Å². The van der Waals surface area contributed by atoms with Gasteiger partial charge in [0.25, 0.3) is 0 Å². The summed E-state index contributed by atoms with van der Waals surface area (Å²) < 4.78 is 5.16. The predicted octanol–water partition coefficient (Wildman–Crippen LogP) is 1.65. The third kappa shape index (κ3) is 2.61. The molecule has 2 nitrogen and oxygen atoms in total. The maximum atomic E-state index is 5.16. The van der Waals surface area contributed by atoms with Crippen molar-refractivity contribution in [3.05, 3.63) is 0 Å². The first-order valence-corrected chi connectivity index (χ1v) is 6.54. The summed E-state index contributed by atoms with van der Waals surface area (Å²) in [6.07, 6.45) is 7.78. The van der Waals surface area contributed by atoms with Crippen LogP contribution in [0.25, 0.3) is 0 Å². The number of hydrogen-bond acceptors (Lipinski definition) is 3. The van der Waals surface area contributed by atoms with Gasteiger partial charge in [0.2, 0.25) is 0 Å². The van der Waals surface area contributed by atoms with Crippen LogP contribution in [-0.2, 0) is 4.74 Å². The van der Waals surface area contributed by atoms with Crippen molar-refractivity contribution in [2.24, 2.45) is 0 Å².